The minimum absolute atomic E-state index is 0.00341. The van der Waals surface area contributed by atoms with Gasteiger partial charge in [0.15, 0.2) is 0 Å². The van der Waals surface area contributed by atoms with Gasteiger partial charge in [-0.2, -0.15) is 13.2 Å². The summed E-state index contributed by atoms with van der Waals surface area (Å²) >= 11 is 0. The maximum absolute atomic E-state index is 12.3. The maximum Gasteiger partial charge on any atom is 0.547 e. The molecule has 0 bridgehead atoms. The zero-order valence-electron chi connectivity index (χ0n) is 17.3. The number of esters is 1. The Bertz CT molecular complexity index is 820. The molecule has 1 atom stereocenters. The number of carbonyl (C=O) groups is 3. The van der Waals surface area contributed by atoms with E-state index in [9.17, 15) is 32.6 Å². The average molecular weight is 461 g/mol. The summed E-state index contributed by atoms with van der Waals surface area (Å²) in [6.45, 7) is 1.39. The molecule has 32 heavy (non-hydrogen) atoms. The molecule has 0 radical (unpaired) electrons. The third kappa shape index (κ3) is 7.95. The van der Waals surface area contributed by atoms with Crippen LogP contribution in [-0.2, 0) is 25.4 Å². The van der Waals surface area contributed by atoms with Gasteiger partial charge in [-0.15, -0.1) is 0 Å². The molecule has 0 aromatic heterocycles. The van der Waals surface area contributed by atoms with Crippen molar-refractivity contribution in [2.24, 2.45) is 0 Å². The predicted octanol–water partition coefficient (Wildman–Crippen LogP) is 2.54. The molecule has 0 saturated heterocycles. The van der Waals surface area contributed by atoms with Gasteiger partial charge in [0.2, 0.25) is 12.7 Å². The number of amides is 1. The maximum atomic E-state index is 12.3. The highest BCUT2D eigenvalue weighted by molar-refractivity contribution is 6.47. The molecule has 0 fully saturated rings. The van der Waals surface area contributed by atoms with Crippen LogP contribution in [0.1, 0.15) is 48.5 Å². The van der Waals surface area contributed by atoms with Gasteiger partial charge < -0.3 is 29.2 Å². The zero-order chi connectivity index (χ0) is 23.7. The van der Waals surface area contributed by atoms with E-state index in [0.717, 1.165) is 6.42 Å². The smallest absolute Gasteiger partial charge is 0.534 e. The van der Waals surface area contributed by atoms with Crippen molar-refractivity contribution in [1.82, 2.24) is 5.32 Å². The standard InChI is InChI=1S/C19H23BF3NO8/c1-2-3-9-29-18(27)31-11-30-17(26)13-6-4-5-12-10-14(20(28)32-16(12)13)24-15(25)7-8-19(21,22)23/h4-6,14,28H,2-3,7-11H2,1H3,(H,24,25)/t14-/m0/s1. The van der Waals surface area contributed by atoms with Gasteiger partial charge in [-0.3, -0.25) is 4.79 Å². The Morgan fingerprint density at radius 2 is 2.00 bits per heavy atom. The first kappa shape index (κ1) is 25.3. The number of carbonyl (C=O) groups excluding carboxylic acids is 3. The summed E-state index contributed by atoms with van der Waals surface area (Å²) in [7, 11) is -1.60. The zero-order valence-corrected chi connectivity index (χ0v) is 17.3. The van der Waals surface area contributed by atoms with E-state index in [-0.39, 0.29) is 24.3 Å². The molecule has 0 aliphatic carbocycles. The summed E-state index contributed by atoms with van der Waals surface area (Å²) in [5.41, 5.74) is 0.358. The Kier molecular flexibility index (Phi) is 9.18. The van der Waals surface area contributed by atoms with Crippen LogP contribution in [0.3, 0.4) is 0 Å². The second-order valence-electron chi connectivity index (χ2n) is 6.94. The summed E-state index contributed by atoms with van der Waals surface area (Å²) in [4.78, 5) is 35.4. The van der Waals surface area contributed by atoms with E-state index in [0.29, 0.717) is 12.0 Å². The number of halogens is 3. The fourth-order valence-corrected chi connectivity index (χ4v) is 2.79. The van der Waals surface area contributed by atoms with Gasteiger partial charge in [0, 0.05) is 6.42 Å². The Balaban J connectivity index is 1.93. The molecule has 1 amide bonds. The SMILES string of the molecule is CCCCOC(=O)OCOC(=O)c1cccc2c1OB(O)[C@@H](NC(=O)CCC(F)(F)F)C2. The third-order valence-electron chi connectivity index (χ3n) is 4.41. The van der Waals surface area contributed by atoms with Crippen molar-refractivity contribution < 1.29 is 51.4 Å². The molecule has 1 aromatic rings. The van der Waals surface area contributed by atoms with Crippen LogP contribution in [0.2, 0.25) is 0 Å². The second kappa shape index (κ2) is 11.6. The molecule has 2 rings (SSSR count). The molecule has 9 nitrogen and oxygen atoms in total. The van der Waals surface area contributed by atoms with Crippen LogP contribution in [0.5, 0.6) is 5.75 Å². The van der Waals surface area contributed by atoms with E-state index in [4.69, 9.17) is 14.1 Å². The molecule has 1 aliphatic rings. The molecule has 0 saturated carbocycles. The molecule has 1 aliphatic heterocycles. The lowest BCUT2D eigenvalue weighted by atomic mass is 9.72. The Hall–Kier alpha value is -2.96. The summed E-state index contributed by atoms with van der Waals surface area (Å²) in [6.07, 6.45) is -6.04. The van der Waals surface area contributed by atoms with E-state index < -0.39 is 56.9 Å². The normalized spacial score (nSPS) is 15.3. The van der Waals surface area contributed by atoms with Crippen LogP contribution in [0, 0.1) is 0 Å². The fraction of sp³-hybridized carbons (Fsp3) is 0.526. The quantitative estimate of drug-likeness (QED) is 0.249. The average Bonchev–Trinajstić information content (AvgIpc) is 2.72. The number of hydrogen-bond acceptors (Lipinski definition) is 8. The van der Waals surface area contributed by atoms with Crippen LogP contribution < -0.4 is 9.97 Å². The van der Waals surface area contributed by atoms with Crippen molar-refractivity contribution in [2.45, 2.75) is 51.1 Å². The van der Waals surface area contributed by atoms with E-state index in [1.807, 2.05) is 6.92 Å². The molecule has 2 N–H and O–H groups in total. The molecule has 0 spiro atoms. The van der Waals surface area contributed by atoms with Crippen LogP contribution in [0.4, 0.5) is 18.0 Å². The minimum atomic E-state index is -4.48. The summed E-state index contributed by atoms with van der Waals surface area (Å²) < 4.78 is 56.3. The van der Waals surface area contributed by atoms with Gasteiger partial charge >= 0.3 is 25.4 Å². The Labute approximate surface area is 182 Å². The van der Waals surface area contributed by atoms with Crippen molar-refractivity contribution in [3.05, 3.63) is 29.3 Å². The highest BCUT2D eigenvalue weighted by Crippen LogP contribution is 2.31. The lowest BCUT2D eigenvalue weighted by Crippen LogP contribution is -2.53. The van der Waals surface area contributed by atoms with Crippen molar-refractivity contribution >= 4 is 25.2 Å². The first-order chi connectivity index (χ1) is 15.1. The highest BCUT2D eigenvalue weighted by Gasteiger charge is 2.38. The second-order valence-corrected chi connectivity index (χ2v) is 6.94. The largest absolute Gasteiger partial charge is 0.547 e. The number of fused-ring (bicyclic) bond motifs is 1. The number of unbranched alkanes of at least 4 members (excludes halogenated alkanes) is 1. The summed E-state index contributed by atoms with van der Waals surface area (Å²) in [5.74, 6) is -2.80. The first-order valence-corrected chi connectivity index (χ1v) is 9.90. The lowest BCUT2D eigenvalue weighted by Gasteiger charge is -2.29. The number of benzene rings is 1. The van der Waals surface area contributed by atoms with Crippen molar-refractivity contribution in [1.29, 1.82) is 0 Å². The minimum Gasteiger partial charge on any atom is -0.534 e. The van der Waals surface area contributed by atoms with E-state index in [1.165, 1.54) is 12.1 Å². The number of hydrogen-bond donors (Lipinski definition) is 2. The predicted molar refractivity (Wildman–Crippen MR) is 104 cm³/mol. The number of rotatable bonds is 9. The molecule has 13 heteroatoms. The monoisotopic (exact) mass is 461 g/mol. The van der Waals surface area contributed by atoms with Crippen LogP contribution in [-0.4, -0.2) is 55.7 Å². The molecule has 176 valence electrons. The Morgan fingerprint density at radius 1 is 1.25 bits per heavy atom. The van der Waals surface area contributed by atoms with Crippen LogP contribution >= 0.6 is 0 Å². The van der Waals surface area contributed by atoms with Gasteiger partial charge in [-0.25, -0.2) is 9.59 Å². The fourth-order valence-electron chi connectivity index (χ4n) is 2.79. The molecular weight excluding hydrogens is 438 g/mol. The number of para-hydroxylation sites is 1. The van der Waals surface area contributed by atoms with Gasteiger partial charge in [0.05, 0.1) is 19.0 Å². The van der Waals surface area contributed by atoms with E-state index in [1.54, 1.807) is 6.07 Å². The molecule has 0 unspecified atom stereocenters. The van der Waals surface area contributed by atoms with Crippen molar-refractivity contribution in [3.8, 4) is 5.75 Å². The first-order valence-electron chi connectivity index (χ1n) is 9.90. The Morgan fingerprint density at radius 3 is 2.69 bits per heavy atom. The third-order valence-corrected chi connectivity index (χ3v) is 4.41. The van der Waals surface area contributed by atoms with E-state index >= 15 is 0 Å². The van der Waals surface area contributed by atoms with Gasteiger partial charge in [0.25, 0.3) is 0 Å². The number of alkyl halides is 3. The number of ether oxygens (including phenoxy) is 3. The molecule has 1 aromatic carbocycles. The van der Waals surface area contributed by atoms with Crippen LogP contribution in [0.25, 0.3) is 0 Å². The molecule has 1 heterocycles. The summed E-state index contributed by atoms with van der Waals surface area (Å²) in [5, 5.41) is 12.5. The lowest BCUT2D eigenvalue weighted by molar-refractivity contribution is -0.144. The van der Waals surface area contributed by atoms with Gasteiger partial charge in [0.1, 0.15) is 11.3 Å². The van der Waals surface area contributed by atoms with Crippen LogP contribution in [0.15, 0.2) is 18.2 Å². The molecular formula is C19H23BF3NO8. The van der Waals surface area contributed by atoms with E-state index in [2.05, 4.69) is 10.1 Å². The van der Waals surface area contributed by atoms with Gasteiger partial charge in [-0.1, -0.05) is 25.5 Å². The van der Waals surface area contributed by atoms with Gasteiger partial charge in [-0.05, 0) is 24.5 Å². The topological polar surface area (TPSA) is 120 Å². The van der Waals surface area contributed by atoms with Crippen molar-refractivity contribution in [3.63, 3.8) is 0 Å². The summed E-state index contributed by atoms with van der Waals surface area (Å²) in [6, 6.07) is 4.42. The highest BCUT2D eigenvalue weighted by atomic mass is 19.4. The number of nitrogens with one attached hydrogen (secondary N) is 1. The van der Waals surface area contributed by atoms with Crippen molar-refractivity contribution in [2.75, 3.05) is 13.4 Å².